The zero-order chi connectivity index (χ0) is 11.5. The van der Waals surface area contributed by atoms with Crippen LogP contribution in [0, 0.1) is 6.92 Å². The van der Waals surface area contributed by atoms with E-state index in [0.717, 1.165) is 24.5 Å². The number of hydrogen-bond acceptors (Lipinski definition) is 4. The third kappa shape index (κ3) is 1.98. The lowest BCUT2D eigenvalue weighted by Crippen LogP contribution is -2.55. The molecule has 0 unspecified atom stereocenters. The lowest BCUT2D eigenvalue weighted by atomic mass is 10.1. The summed E-state index contributed by atoms with van der Waals surface area (Å²) in [6.07, 6.45) is 2.33. The molecule has 2 rings (SSSR count). The van der Waals surface area contributed by atoms with Crippen LogP contribution >= 0.6 is 0 Å². The van der Waals surface area contributed by atoms with Crippen molar-refractivity contribution in [1.82, 2.24) is 15.3 Å². The smallest absolute Gasteiger partial charge is 0.242 e. The fraction of sp³-hybridized carbons (Fsp3) is 0.545. The zero-order valence-electron chi connectivity index (χ0n) is 9.60. The molecule has 16 heavy (non-hydrogen) atoms. The van der Waals surface area contributed by atoms with Gasteiger partial charge in [0.15, 0.2) is 0 Å². The number of nitrogens with one attached hydrogen (secondary N) is 1. The Balaban J connectivity index is 2.27. The van der Waals surface area contributed by atoms with Gasteiger partial charge in [-0.3, -0.25) is 4.79 Å². The highest BCUT2D eigenvalue weighted by Crippen LogP contribution is 2.17. The van der Waals surface area contributed by atoms with Gasteiger partial charge >= 0.3 is 0 Å². The highest BCUT2D eigenvalue weighted by molar-refractivity contribution is 5.86. The molecule has 0 saturated carbocycles. The molecule has 0 radical (unpaired) electrons. The first kappa shape index (κ1) is 10.9. The summed E-state index contributed by atoms with van der Waals surface area (Å²) in [6, 6.07) is 1.81. The molecule has 0 aliphatic carbocycles. The molecule has 5 nitrogen and oxygen atoms in total. The van der Waals surface area contributed by atoms with Crippen LogP contribution < -0.4 is 10.2 Å². The first-order valence-corrected chi connectivity index (χ1v) is 5.55. The van der Waals surface area contributed by atoms with Crippen LogP contribution in [0.25, 0.3) is 0 Å². The average Bonchev–Trinajstić information content (AvgIpc) is 2.28. The maximum Gasteiger partial charge on any atom is 0.242 e. The van der Waals surface area contributed by atoms with Gasteiger partial charge in [0.1, 0.15) is 18.2 Å². The first-order chi connectivity index (χ1) is 7.72. The molecule has 2 heterocycles. The van der Waals surface area contributed by atoms with Gasteiger partial charge in [0.05, 0.1) is 0 Å². The van der Waals surface area contributed by atoms with E-state index in [1.54, 1.807) is 6.33 Å². The van der Waals surface area contributed by atoms with E-state index in [1.165, 1.54) is 0 Å². The van der Waals surface area contributed by atoms with Crippen LogP contribution in [-0.4, -0.2) is 35.0 Å². The average molecular weight is 220 g/mol. The van der Waals surface area contributed by atoms with Gasteiger partial charge < -0.3 is 10.2 Å². The fourth-order valence-corrected chi connectivity index (χ4v) is 1.99. The number of piperazine rings is 1. The molecule has 1 aromatic heterocycles. The van der Waals surface area contributed by atoms with Gasteiger partial charge in [-0.05, 0) is 13.3 Å². The number of carbonyl (C=O) groups is 1. The molecule has 1 atom stereocenters. The van der Waals surface area contributed by atoms with Crippen molar-refractivity contribution in [3.8, 4) is 0 Å². The number of amides is 1. The van der Waals surface area contributed by atoms with E-state index in [9.17, 15) is 4.79 Å². The van der Waals surface area contributed by atoms with Crippen LogP contribution in [0.15, 0.2) is 12.4 Å². The third-order valence-electron chi connectivity index (χ3n) is 2.80. The van der Waals surface area contributed by atoms with Crippen molar-refractivity contribution >= 4 is 11.7 Å². The SMILES string of the molecule is CC[C@@H]1C(=O)NCCN1c1cc(C)ncn1. The first-order valence-electron chi connectivity index (χ1n) is 5.55. The zero-order valence-corrected chi connectivity index (χ0v) is 9.60. The molecule has 0 bridgehead atoms. The van der Waals surface area contributed by atoms with Crippen molar-refractivity contribution in [3.05, 3.63) is 18.1 Å². The van der Waals surface area contributed by atoms with Crippen molar-refractivity contribution in [2.75, 3.05) is 18.0 Å². The summed E-state index contributed by atoms with van der Waals surface area (Å²) in [6.45, 7) is 5.42. The van der Waals surface area contributed by atoms with Crippen molar-refractivity contribution in [3.63, 3.8) is 0 Å². The van der Waals surface area contributed by atoms with E-state index in [1.807, 2.05) is 24.8 Å². The van der Waals surface area contributed by atoms with Crippen LogP contribution in [-0.2, 0) is 4.79 Å². The van der Waals surface area contributed by atoms with Crippen molar-refractivity contribution in [1.29, 1.82) is 0 Å². The second kappa shape index (κ2) is 4.47. The van der Waals surface area contributed by atoms with Gasteiger partial charge in [0, 0.05) is 24.8 Å². The molecule has 5 heteroatoms. The molecule has 1 fully saturated rings. The number of nitrogens with zero attached hydrogens (tertiary/aromatic N) is 3. The predicted octanol–water partition coefficient (Wildman–Crippen LogP) is 0.500. The maximum absolute atomic E-state index is 11.7. The molecule has 0 spiro atoms. The van der Waals surface area contributed by atoms with Crippen LogP contribution in [0.1, 0.15) is 19.0 Å². The Morgan fingerprint density at radius 2 is 2.38 bits per heavy atom. The summed E-state index contributed by atoms with van der Waals surface area (Å²) in [7, 11) is 0. The Bertz CT molecular complexity index is 393. The van der Waals surface area contributed by atoms with Crippen LogP contribution in [0.4, 0.5) is 5.82 Å². The second-order valence-corrected chi connectivity index (χ2v) is 3.93. The predicted molar refractivity (Wildman–Crippen MR) is 61.2 cm³/mol. The molecular formula is C11H16N4O. The molecule has 1 amide bonds. The lowest BCUT2D eigenvalue weighted by molar-refractivity contribution is -0.123. The quantitative estimate of drug-likeness (QED) is 0.788. The van der Waals surface area contributed by atoms with Crippen LogP contribution in [0.2, 0.25) is 0 Å². The molecular weight excluding hydrogens is 204 g/mol. The summed E-state index contributed by atoms with van der Waals surface area (Å²) in [5.41, 5.74) is 0.922. The number of hydrogen-bond donors (Lipinski definition) is 1. The van der Waals surface area contributed by atoms with Gasteiger partial charge in [-0.2, -0.15) is 0 Å². The number of aromatic nitrogens is 2. The minimum absolute atomic E-state index is 0.0880. The molecule has 1 aromatic rings. The largest absolute Gasteiger partial charge is 0.353 e. The fourth-order valence-electron chi connectivity index (χ4n) is 1.99. The topological polar surface area (TPSA) is 58.1 Å². The number of carbonyl (C=O) groups excluding carboxylic acids is 1. The van der Waals surface area contributed by atoms with E-state index in [-0.39, 0.29) is 11.9 Å². The lowest BCUT2D eigenvalue weighted by Gasteiger charge is -2.35. The number of anilines is 1. The third-order valence-corrected chi connectivity index (χ3v) is 2.80. The second-order valence-electron chi connectivity index (χ2n) is 3.93. The van der Waals surface area contributed by atoms with Gasteiger partial charge in [0.25, 0.3) is 0 Å². The summed E-state index contributed by atoms with van der Waals surface area (Å²) >= 11 is 0. The standard InChI is InChI=1S/C11H16N4O/c1-3-9-11(16)12-4-5-15(9)10-6-8(2)13-7-14-10/h6-7,9H,3-5H2,1-2H3,(H,12,16)/t9-/m1/s1. The number of rotatable bonds is 2. The Morgan fingerprint density at radius 1 is 1.56 bits per heavy atom. The van der Waals surface area contributed by atoms with Gasteiger partial charge in [0.2, 0.25) is 5.91 Å². The molecule has 0 aromatic carbocycles. The maximum atomic E-state index is 11.7. The highest BCUT2D eigenvalue weighted by atomic mass is 16.2. The molecule has 1 N–H and O–H groups in total. The monoisotopic (exact) mass is 220 g/mol. The minimum Gasteiger partial charge on any atom is -0.353 e. The molecule has 86 valence electrons. The highest BCUT2D eigenvalue weighted by Gasteiger charge is 2.28. The summed E-state index contributed by atoms with van der Waals surface area (Å²) in [5, 5.41) is 2.87. The number of aryl methyl sites for hydroxylation is 1. The van der Waals surface area contributed by atoms with Gasteiger partial charge in [-0.15, -0.1) is 0 Å². The molecule has 1 saturated heterocycles. The van der Waals surface area contributed by atoms with Crippen LogP contribution in [0.5, 0.6) is 0 Å². The Hall–Kier alpha value is -1.65. The summed E-state index contributed by atoms with van der Waals surface area (Å²) < 4.78 is 0. The van der Waals surface area contributed by atoms with Crippen molar-refractivity contribution < 1.29 is 4.79 Å². The molecule has 1 aliphatic heterocycles. The molecule has 1 aliphatic rings. The van der Waals surface area contributed by atoms with Crippen LogP contribution in [0.3, 0.4) is 0 Å². The Morgan fingerprint density at radius 3 is 3.06 bits per heavy atom. The summed E-state index contributed by atoms with van der Waals surface area (Å²) in [5.74, 6) is 0.930. The van der Waals surface area contributed by atoms with E-state index in [4.69, 9.17) is 0 Å². The summed E-state index contributed by atoms with van der Waals surface area (Å²) in [4.78, 5) is 22.0. The van der Waals surface area contributed by atoms with Gasteiger partial charge in [-0.25, -0.2) is 9.97 Å². The minimum atomic E-state index is -0.108. The van der Waals surface area contributed by atoms with Gasteiger partial charge in [-0.1, -0.05) is 6.92 Å². The Labute approximate surface area is 94.9 Å². The van der Waals surface area contributed by atoms with E-state index < -0.39 is 0 Å². The Kier molecular flexibility index (Phi) is 3.03. The van der Waals surface area contributed by atoms with Crippen molar-refractivity contribution in [2.24, 2.45) is 0 Å². The van der Waals surface area contributed by atoms with E-state index in [2.05, 4.69) is 15.3 Å². The van der Waals surface area contributed by atoms with E-state index in [0.29, 0.717) is 6.54 Å². The normalized spacial score (nSPS) is 20.8. The van der Waals surface area contributed by atoms with E-state index >= 15 is 0 Å². The van der Waals surface area contributed by atoms with Crippen molar-refractivity contribution in [2.45, 2.75) is 26.3 Å².